The lowest BCUT2D eigenvalue weighted by atomic mass is 10.1. The van der Waals surface area contributed by atoms with E-state index in [1.54, 1.807) is 30.3 Å². The third-order valence-electron chi connectivity index (χ3n) is 3.88. The summed E-state index contributed by atoms with van der Waals surface area (Å²) in [5.74, 6) is 0.615. The van der Waals surface area contributed by atoms with Crippen LogP contribution < -0.4 is 4.74 Å². The quantitative estimate of drug-likeness (QED) is 0.391. The van der Waals surface area contributed by atoms with Crippen LogP contribution in [-0.4, -0.2) is 11.0 Å². The van der Waals surface area contributed by atoms with Gasteiger partial charge in [-0.1, -0.05) is 35.9 Å². The van der Waals surface area contributed by atoms with Crippen LogP contribution in [0.25, 0.3) is 22.6 Å². The standard InChI is InChI=1S/C21H15NO3/c1-14-7-9-15(10-8-14)20-22-18-13-16(11-12-19(18)25-20)21(23)24-17-5-3-2-4-6-17/h2-13H,1H3. The first-order valence-corrected chi connectivity index (χ1v) is 7.94. The van der Waals surface area contributed by atoms with Crippen molar-refractivity contribution in [3.8, 4) is 17.2 Å². The van der Waals surface area contributed by atoms with Gasteiger partial charge in [-0.2, -0.15) is 0 Å². The molecular weight excluding hydrogens is 314 g/mol. The van der Waals surface area contributed by atoms with Crippen LogP contribution in [0.5, 0.6) is 5.75 Å². The predicted octanol–water partition coefficient (Wildman–Crippen LogP) is 5.02. The lowest BCUT2D eigenvalue weighted by Gasteiger charge is -2.03. The molecule has 4 nitrogen and oxygen atoms in total. The molecule has 0 saturated heterocycles. The maximum atomic E-state index is 12.3. The third kappa shape index (κ3) is 3.15. The Balaban J connectivity index is 1.64. The van der Waals surface area contributed by atoms with Gasteiger partial charge in [-0.15, -0.1) is 0 Å². The van der Waals surface area contributed by atoms with E-state index in [1.165, 1.54) is 5.56 Å². The Labute approximate surface area is 144 Å². The van der Waals surface area contributed by atoms with E-state index < -0.39 is 5.97 Å². The molecule has 0 saturated carbocycles. The van der Waals surface area contributed by atoms with Crippen molar-refractivity contribution in [3.05, 3.63) is 83.9 Å². The van der Waals surface area contributed by atoms with Crippen LogP contribution in [0, 0.1) is 6.92 Å². The summed E-state index contributed by atoms with van der Waals surface area (Å²) in [6, 6.07) is 22.0. The summed E-state index contributed by atoms with van der Waals surface area (Å²) in [6.07, 6.45) is 0. The molecule has 4 heteroatoms. The van der Waals surface area contributed by atoms with Crippen molar-refractivity contribution < 1.29 is 13.9 Å². The van der Waals surface area contributed by atoms with Gasteiger partial charge in [0.2, 0.25) is 5.89 Å². The summed E-state index contributed by atoms with van der Waals surface area (Å²) >= 11 is 0. The minimum atomic E-state index is -0.423. The van der Waals surface area contributed by atoms with E-state index in [0.29, 0.717) is 28.3 Å². The molecule has 0 atom stereocenters. The van der Waals surface area contributed by atoms with Gasteiger partial charge in [-0.25, -0.2) is 9.78 Å². The smallest absolute Gasteiger partial charge is 0.343 e. The molecule has 0 spiro atoms. The fourth-order valence-corrected chi connectivity index (χ4v) is 2.53. The van der Waals surface area contributed by atoms with E-state index in [9.17, 15) is 4.79 Å². The highest BCUT2D eigenvalue weighted by atomic mass is 16.5. The molecule has 0 radical (unpaired) electrons. The van der Waals surface area contributed by atoms with Gasteiger partial charge in [0.25, 0.3) is 0 Å². The number of aryl methyl sites for hydroxylation is 1. The highest BCUT2D eigenvalue weighted by molar-refractivity contribution is 5.94. The zero-order valence-corrected chi connectivity index (χ0v) is 13.6. The first-order chi connectivity index (χ1) is 12.2. The summed E-state index contributed by atoms with van der Waals surface area (Å²) in [5, 5.41) is 0. The second kappa shape index (κ2) is 6.24. The Kier molecular flexibility index (Phi) is 3.78. The number of oxazole rings is 1. The van der Waals surface area contributed by atoms with Crippen LogP contribution in [0.2, 0.25) is 0 Å². The maximum Gasteiger partial charge on any atom is 0.343 e. The molecule has 0 N–H and O–H groups in total. The van der Waals surface area contributed by atoms with E-state index >= 15 is 0 Å². The van der Waals surface area contributed by atoms with Crippen molar-refractivity contribution >= 4 is 17.1 Å². The maximum absolute atomic E-state index is 12.3. The molecule has 0 aliphatic heterocycles. The molecule has 1 aromatic heterocycles. The number of ether oxygens (including phenoxy) is 1. The second-order valence-corrected chi connectivity index (χ2v) is 5.77. The number of aromatic nitrogens is 1. The Morgan fingerprint density at radius 1 is 0.960 bits per heavy atom. The van der Waals surface area contributed by atoms with Gasteiger partial charge in [0.05, 0.1) is 5.56 Å². The van der Waals surface area contributed by atoms with Crippen molar-refractivity contribution in [2.45, 2.75) is 6.92 Å². The second-order valence-electron chi connectivity index (χ2n) is 5.77. The Morgan fingerprint density at radius 2 is 1.72 bits per heavy atom. The Bertz CT molecular complexity index is 1030. The van der Waals surface area contributed by atoms with Crippen LogP contribution in [-0.2, 0) is 0 Å². The molecule has 0 bridgehead atoms. The summed E-state index contributed by atoms with van der Waals surface area (Å²) in [5.41, 5.74) is 3.76. The summed E-state index contributed by atoms with van der Waals surface area (Å²) in [6.45, 7) is 2.03. The SMILES string of the molecule is Cc1ccc(-c2nc3cc(C(=O)Oc4ccccc4)ccc3o2)cc1. The lowest BCUT2D eigenvalue weighted by Crippen LogP contribution is -2.08. The molecule has 0 aliphatic rings. The van der Waals surface area contributed by atoms with Gasteiger partial charge in [-0.3, -0.25) is 0 Å². The molecule has 0 amide bonds. The summed E-state index contributed by atoms with van der Waals surface area (Å²) < 4.78 is 11.1. The first-order valence-electron chi connectivity index (χ1n) is 7.94. The number of hydrogen-bond acceptors (Lipinski definition) is 4. The number of esters is 1. The van der Waals surface area contributed by atoms with Gasteiger partial charge in [0.15, 0.2) is 5.58 Å². The van der Waals surface area contributed by atoms with Crippen LogP contribution in [0.4, 0.5) is 0 Å². The summed E-state index contributed by atoms with van der Waals surface area (Å²) in [4.78, 5) is 16.8. The van der Waals surface area contributed by atoms with Crippen molar-refractivity contribution in [2.75, 3.05) is 0 Å². The number of hydrogen-bond donors (Lipinski definition) is 0. The third-order valence-corrected chi connectivity index (χ3v) is 3.88. The first kappa shape index (κ1) is 15.1. The molecule has 0 fully saturated rings. The van der Waals surface area contributed by atoms with Gasteiger partial charge in [-0.05, 0) is 49.4 Å². The molecular formula is C21H15NO3. The number of carbonyl (C=O) groups excluding carboxylic acids is 1. The number of carbonyl (C=O) groups is 1. The molecule has 4 rings (SSSR count). The number of rotatable bonds is 3. The van der Waals surface area contributed by atoms with Gasteiger partial charge < -0.3 is 9.15 Å². The van der Waals surface area contributed by atoms with E-state index in [4.69, 9.17) is 9.15 Å². The van der Waals surface area contributed by atoms with Gasteiger partial charge >= 0.3 is 5.97 Å². The number of para-hydroxylation sites is 1. The van der Waals surface area contributed by atoms with Crippen molar-refractivity contribution in [3.63, 3.8) is 0 Å². The van der Waals surface area contributed by atoms with Crippen LogP contribution in [0.15, 0.2) is 77.2 Å². The van der Waals surface area contributed by atoms with Crippen molar-refractivity contribution in [1.82, 2.24) is 4.98 Å². The Morgan fingerprint density at radius 3 is 2.48 bits per heavy atom. The van der Waals surface area contributed by atoms with Crippen molar-refractivity contribution in [2.24, 2.45) is 0 Å². The normalized spacial score (nSPS) is 10.8. The topological polar surface area (TPSA) is 52.3 Å². The van der Waals surface area contributed by atoms with Crippen LogP contribution in [0.1, 0.15) is 15.9 Å². The van der Waals surface area contributed by atoms with E-state index in [-0.39, 0.29) is 0 Å². The largest absolute Gasteiger partial charge is 0.436 e. The average molecular weight is 329 g/mol. The molecule has 1 heterocycles. The van der Waals surface area contributed by atoms with Gasteiger partial charge in [0.1, 0.15) is 11.3 Å². The number of nitrogens with zero attached hydrogens (tertiary/aromatic N) is 1. The van der Waals surface area contributed by atoms with Gasteiger partial charge in [0, 0.05) is 5.56 Å². The van der Waals surface area contributed by atoms with Crippen molar-refractivity contribution in [1.29, 1.82) is 0 Å². The van der Waals surface area contributed by atoms with Crippen LogP contribution >= 0.6 is 0 Å². The summed E-state index contributed by atoms with van der Waals surface area (Å²) in [7, 11) is 0. The number of fused-ring (bicyclic) bond motifs is 1. The molecule has 4 aromatic rings. The van der Waals surface area contributed by atoms with E-state index in [2.05, 4.69) is 4.98 Å². The zero-order chi connectivity index (χ0) is 17.2. The number of benzene rings is 3. The Hall–Kier alpha value is -3.40. The molecule has 0 aliphatic carbocycles. The fraction of sp³-hybridized carbons (Fsp3) is 0.0476. The van der Waals surface area contributed by atoms with Crippen LogP contribution in [0.3, 0.4) is 0 Å². The lowest BCUT2D eigenvalue weighted by molar-refractivity contribution is 0.0735. The fourth-order valence-electron chi connectivity index (χ4n) is 2.53. The zero-order valence-electron chi connectivity index (χ0n) is 13.6. The van der Waals surface area contributed by atoms with E-state index in [0.717, 1.165) is 5.56 Å². The van der Waals surface area contributed by atoms with E-state index in [1.807, 2.05) is 49.4 Å². The average Bonchev–Trinajstić information content (AvgIpc) is 3.06. The predicted molar refractivity (Wildman–Crippen MR) is 95.6 cm³/mol. The molecule has 122 valence electrons. The minimum absolute atomic E-state index is 0.423. The molecule has 3 aromatic carbocycles. The minimum Gasteiger partial charge on any atom is -0.436 e. The monoisotopic (exact) mass is 329 g/mol. The highest BCUT2D eigenvalue weighted by Crippen LogP contribution is 2.25. The molecule has 0 unspecified atom stereocenters. The molecule has 25 heavy (non-hydrogen) atoms. The highest BCUT2D eigenvalue weighted by Gasteiger charge is 2.13.